The lowest BCUT2D eigenvalue weighted by Gasteiger charge is -2.06. The molecule has 114 valence electrons. The molecule has 0 radical (unpaired) electrons. The Morgan fingerprint density at radius 2 is 2.32 bits per heavy atom. The van der Waals surface area contributed by atoms with E-state index < -0.39 is 5.69 Å². The summed E-state index contributed by atoms with van der Waals surface area (Å²) in [5.41, 5.74) is 0.230. The first kappa shape index (κ1) is 12.0. The molecule has 0 amide bonds. The Morgan fingerprint density at radius 1 is 1.45 bits per heavy atom. The number of aryl methyl sites for hydroxylation is 1. The summed E-state index contributed by atoms with van der Waals surface area (Å²) in [5, 5.41) is 17.6. The van der Waals surface area contributed by atoms with Gasteiger partial charge in [0.2, 0.25) is 5.82 Å². The third kappa shape index (κ3) is 2.19. The smallest absolute Gasteiger partial charge is 0.369 e. The number of tetrazole rings is 1. The molecule has 3 heterocycles. The summed E-state index contributed by atoms with van der Waals surface area (Å²) >= 11 is 1.24. The zero-order valence-corrected chi connectivity index (χ0v) is 12.4. The Balaban J connectivity index is 1.69. The lowest BCUT2D eigenvalue weighted by molar-refractivity contribution is 0.289. The zero-order valence-electron chi connectivity index (χ0n) is 12.6. The Kier molecular flexibility index (Phi) is 2.74. The van der Waals surface area contributed by atoms with Crippen LogP contribution in [0.15, 0.2) is 16.3 Å². The molecule has 0 aromatic carbocycles. The van der Waals surface area contributed by atoms with Crippen molar-refractivity contribution in [2.75, 3.05) is 0 Å². The van der Waals surface area contributed by atoms with E-state index in [2.05, 4.69) is 25.7 Å². The maximum Gasteiger partial charge on any atom is 0.369 e. The molecule has 0 saturated heterocycles. The van der Waals surface area contributed by atoms with Crippen molar-refractivity contribution in [1.29, 1.82) is 0 Å². The Labute approximate surface area is 129 Å². The molecule has 0 bridgehead atoms. The van der Waals surface area contributed by atoms with Crippen LogP contribution in [0.25, 0.3) is 5.82 Å². The number of hydrogen-bond donors (Lipinski definition) is 0. The largest absolute Gasteiger partial charge is 0.463 e. The lowest BCUT2D eigenvalue weighted by Crippen LogP contribution is -2.23. The fourth-order valence-electron chi connectivity index (χ4n) is 2.04. The SMILES string of the molecule is [3H]c1csc(OCc2c(-n3nnn(C)c3=O)nnn2C2CC2)n1. The van der Waals surface area contributed by atoms with Gasteiger partial charge in [0.1, 0.15) is 12.3 Å². The predicted molar refractivity (Wildman–Crippen MR) is 74.9 cm³/mol. The van der Waals surface area contributed by atoms with Crippen molar-refractivity contribution in [2.45, 2.75) is 25.5 Å². The Morgan fingerprint density at radius 3 is 2.95 bits per heavy atom. The number of rotatable bonds is 5. The van der Waals surface area contributed by atoms with Crippen LogP contribution < -0.4 is 10.4 Å². The molecule has 4 rings (SSSR count). The summed E-state index contributed by atoms with van der Waals surface area (Å²) in [6, 6.07) is 0.269. The second-order valence-electron chi connectivity index (χ2n) is 4.86. The highest BCUT2D eigenvalue weighted by Gasteiger charge is 2.30. The van der Waals surface area contributed by atoms with Gasteiger partial charge in [-0.25, -0.2) is 14.5 Å². The Hall–Kier alpha value is -2.56. The molecular weight excluding hydrogens is 308 g/mol. The molecule has 22 heavy (non-hydrogen) atoms. The first-order valence-electron chi connectivity index (χ1n) is 7.12. The van der Waals surface area contributed by atoms with Crippen molar-refractivity contribution in [1.82, 2.24) is 39.8 Å². The van der Waals surface area contributed by atoms with Crippen molar-refractivity contribution in [3.05, 3.63) is 27.7 Å². The molecule has 3 aromatic rings. The molecule has 1 fully saturated rings. The molecule has 1 aliphatic rings. The molecule has 3 aromatic heterocycles. The summed E-state index contributed by atoms with van der Waals surface area (Å²) in [5.74, 6) is 0.303. The van der Waals surface area contributed by atoms with Crippen LogP contribution >= 0.6 is 11.3 Å². The van der Waals surface area contributed by atoms with Crippen LogP contribution in [-0.2, 0) is 13.7 Å². The van der Waals surface area contributed by atoms with Crippen LogP contribution in [0.4, 0.5) is 0 Å². The van der Waals surface area contributed by atoms with Gasteiger partial charge in [-0.05, 0) is 23.3 Å². The molecule has 11 heteroatoms. The zero-order chi connectivity index (χ0) is 16.0. The maximum absolute atomic E-state index is 12.0. The van der Waals surface area contributed by atoms with Gasteiger partial charge in [0, 0.05) is 18.6 Å². The summed E-state index contributed by atoms with van der Waals surface area (Å²) in [6.45, 7) is 0.134. The van der Waals surface area contributed by atoms with E-state index in [0.717, 1.165) is 22.2 Å². The summed E-state index contributed by atoms with van der Waals surface area (Å²) in [4.78, 5) is 16.0. The van der Waals surface area contributed by atoms with Gasteiger partial charge in [0.15, 0.2) is 0 Å². The second kappa shape index (κ2) is 5.02. The summed E-state index contributed by atoms with van der Waals surface area (Å²) in [6.07, 6.45) is 2.18. The van der Waals surface area contributed by atoms with E-state index in [1.165, 1.54) is 18.4 Å². The molecule has 0 aliphatic heterocycles. The minimum absolute atomic E-state index is 0.134. The minimum Gasteiger partial charge on any atom is -0.463 e. The van der Waals surface area contributed by atoms with Crippen molar-refractivity contribution in [2.24, 2.45) is 7.05 Å². The molecule has 1 saturated carbocycles. The maximum atomic E-state index is 12.0. The molecule has 1 aliphatic carbocycles. The molecular formula is C11H12N8O2S. The van der Waals surface area contributed by atoms with Crippen LogP contribution in [0.3, 0.4) is 0 Å². The lowest BCUT2D eigenvalue weighted by atomic mass is 10.4. The monoisotopic (exact) mass is 322 g/mol. The average molecular weight is 322 g/mol. The van der Waals surface area contributed by atoms with Gasteiger partial charge in [-0.15, -0.1) is 9.78 Å². The van der Waals surface area contributed by atoms with Gasteiger partial charge in [0.25, 0.3) is 5.19 Å². The highest BCUT2D eigenvalue weighted by atomic mass is 32.1. The number of aromatic nitrogens is 8. The van der Waals surface area contributed by atoms with Crippen molar-refractivity contribution < 1.29 is 6.11 Å². The van der Waals surface area contributed by atoms with E-state index in [1.807, 2.05) is 0 Å². The van der Waals surface area contributed by atoms with Gasteiger partial charge in [0.05, 0.1) is 7.41 Å². The standard InChI is InChI=1S/C11H12N8O2S/c1-17-11(20)19(16-15-17)9-8(6-21-10-12-4-5-22-10)18(14-13-9)7-2-3-7/h4-5,7H,2-3,6H2,1H3/i4T. The van der Waals surface area contributed by atoms with E-state index in [0.29, 0.717) is 16.7 Å². The van der Waals surface area contributed by atoms with Crippen molar-refractivity contribution in [3.63, 3.8) is 0 Å². The summed E-state index contributed by atoms with van der Waals surface area (Å²) < 4.78 is 17.0. The predicted octanol–water partition coefficient (Wildman–Crippen LogP) is -0.0721. The van der Waals surface area contributed by atoms with Gasteiger partial charge >= 0.3 is 5.69 Å². The normalized spacial score (nSPS) is 15.0. The van der Waals surface area contributed by atoms with Crippen LogP contribution in [0.5, 0.6) is 5.19 Å². The number of hydrogen-bond acceptors (Lipinski definition) is 8. The molecule has 0 unspecified atom stereocenters. The van der Waals surface area contributed by atoms with Crippen molar-refractivity contribution in [3.8, 4) is 11.0 Å². The number of thiazole rings is 1. The van der Waals surface area contributed by atoms with E-state index in [1.54, 1.807) is 10.1 Å². The van der Waals surface area contributed by atoms with E-state index >= 15 is 0 Å². The van der Waals surface area contributed by atoms with Crippen LogP contribution in [-0.4, -0.2) is 39.8 Å². The average Bonchev–Trinajstić information content (AvgIpc) is 3.03. The molecule has 0 atom stereocenters. The van der Waals surface area contributed by atoms with Gasteiger partial charge in [-0.2, -0.15) is 4.68 Å². The second-order valence-corrected chi connectivity index (χ2v) is 5.68. The highest BCUT2D eigenvalue weighted by Crippen LogP contribution is 2.36. The topological polar surface area (TPSA) is 106 Å². The quantitative estimate of drug-likeness (QED) is 0.647. The third-order valence-electron chi connectivity index (χ3n) is 3.29. The summed E-state index contributed by atoms with van der Waals surface area (Å²) in [7, 11) is 1.51. The van der Waals surface area contributed by atoms with Crippen LogP contribution in [0, 0.1) is 0 Å². The van der Waals surface area contributed by atoms with E-state index in [-0.39, 0.29) is 18.8 Å². The van der Waals surface area contributed by atoms with Gasteiger partial charge in [-0.3, -0.25) is 0 Å². The third-order valence-corrected chi connectivity index (χ3v) is 3.92. The van der Waals surface area contributed by atoms with E-state index in [4.69, 9.17) is 6.11 Å². The van der Waals surface area contributed by atoms with E-state index in [9.17, 15) is 4.79 Å². The Bertz CT molecular complexity index is 907. The fourth-order valence-corrected chi connectivity index (χ4v) is 2.48. The number of nitrogens with zero attached hydrogens (tertiary/aromatic N) is 8. The number of ether oxygens (including phenoxy) is 1. The minimum atomic E-state index is -0.406. The molecule has 0 spiro atoms. The highest BCUT2D eigenvalue weighted by molar-refractivity contribution is 7.11. The van der Waals surface area contributed by atoms with Crippen LogP contribution in [0.1, 0.15) is 25.9 Å². The van der Waals surface area contributed by atoms with Crippen molar-refractivity contribution >= 4 is 11.3 Å². The first-order valence-corrected chi connectivity index (χ1v) is 7.50. The van der Waals surface area contributed by atoms with Crippen LogP contribution in [0.2, 0.25) is 0 Å². The molecule has 10 nitrogen and oxygen atoms in total. The molecule has 0 N–H and O–H groups in total. The fraction of sp³-hybridized carbons (Fsp3) is 0.455. The van der Waals surface area contributed by atoms with Gasteiger partial charge < -0.3 is 4.74 Å². The first-order chi connectivity index (χ1) is 11.1. The van der Waals surface area contributed by atoms with Gasteiger partial charge in [-0.1, -0.05) is 16.6 Å².